The van der Waals surface area contributed by atoms with Crippen molar-refractivity contribution >= 4 is 28.6 Å². The molecule has 6 heteroatoms. The van der Waals surface area contributed by atoms with Crippen molar-refractivity contribution in [1.82, 2.24) is 15.5 Å². The minimum atomic E-state index is -1.20. The zero-order valence-electron chi connectivity index (χ0n) is 17.2. The number of imide groups is 1. The first-order valence-electron chi connectivity index (χ1n) is 10.6. The van der Waals surface area contributed by atoms with E-state index >= 15 is 0 Å². The molecular weight excluding hydrogens is 378 g/mol. The van der Waals surface area contributed by atoms with E-state index in [9.17, 15) is 14.4 Å². The van der Waals surface area contributed by atoms with E-state index in [0.717, 1.165) is 40.5 Å². The third-order valence-electron chi connectivity index (χ3n) is 6.06. The van der Waals surface area contributed by atoms with E-state index < -0.39 is 17.5 Å². The number of fused-ring (bicyclic) bond motifs is 1. The first-order chi connectivity index (χ1) is 14.5. The fraction of sp³-hybridized carbons (Fsp3) is 0.375. The fourth-order valence-corrected chi connectivity index (χ4v) is 4.38. The second-order valence-corrected chi connectivity index (χ2v) is 8.18. The van der Waals surface area contributed by atoms with Gasteiger partial charge in [0.15, 0.2) is 0 Å². The van der Waals surface area contributed by atoms with Crippen LogP contribution in [-0.2, 0) is 15.1 Å². The number of nitrogens with zero attached hydrogens (tertiary/aromatic N) is 1. The minimum absolute atomic E-state index is 0.274. The highest BCUT2D eigenvalue weighted by Crippen LogP contribution is 2.33. The number of carbonyl (C=O) groups is 3. The van der Waals surface area contributed by atoms with Crippen LogP contribution in [-0.4, -0.2) is 35.8 Å². The van der Waals surface area contributed by atoms with Crippen molar-refractivity contribution in [2.24, 2.45) is 0 Å². The number of benzene rings is 2. The topological polar surface area (TPSA) is 78.5 Å². The average molecular weight is 405 g/mol. The molecule has 1 fully saturated rings. The maximum Gasteiger partial charge on any atom is 0.325 e. The van der Waals surface area contributed by atoms with Crippen LogP contribution in [0.15, 0.2) is 54.1 Å². The molecular formula is C24H27N3O3. The van der Waals surface area contributed by atoms with Crippen molar-refractivity contribution in [3.8, 4) is 0 Å². The maximum atomic E-state index is 13.2. The summed E-state index contributed by atoms with van der Waals surface area (Å²) in [5.74, 6) is -0.730. The smallest absolute Gasteiger partial charge is 0.325 e. The van der Waals surface area contributed by atoms with Crippen LogP contribution in [0.25, 0.3) is 10.8 Å². The van der Waals surface area contributed by atoms with E-state index in [0.29, 0.717) is 6.54 Å². The van der Waals surface area contributed by atoms with E-state index in [2.05, 4.69) is 16.7 Å². The van der Waals surface area contributed by atoms with E-state index in [1.165, 1.54) is 18.4 Å². The molecule has 4 amide bonds. The van der Waals surface area contributed by atoms with Gasteiger partial charge in [-0.25, -0.2) is 4.79 Å². The lowest BCUT2D eigenvalue weighted by Gasteiger charge is -2.24. The normalized spacial score (nSPS) is 21.5. The zero-order valence-corrected chi connectivity index (χ0v) is 17.2. The van der Waals surface area contributed by atoms with Crippen LogP contribution < -0.4 is 10.6 Å². The Balaban J connectivity index is 1.44. The van der Waals surface area contributed by atoms with Crippen LogP contribution in [0.3, 0.4) is 0 Å². The predicted molar refractivity (Wildman–Crippen MR) is 116 cm³/mol. The number of hydrogen-bond donors (Lipinski definition) is 2. The van der Waals surface area contributed by atoms with E-state index in [1.807, 2.05) is 42.5 Å². The van der Waals surface area contributed by atoms with Gasteiger partial charge < -0.3 is 10.6 Å². The van der Waals surface area contributed by atoms with Gasteiger partial charge in [0.25, 0.3) is 5.91 Å². The summed E-state index contributed by atoms with van der Waals surface area (Å²) in [6, 6.07) is 12.9. The van der Waals surface area contributed by atoms with Crippen LogP contribution in [0.5, 0.6) is 0 Å². The number of allylic oxidation sites excluding steroid dienone is 1. The van der Waals surface area contributed by atoms with Gasteiger partial charge >= 0.3 is 6.03 Å². The molecule has 1 saturated heterocycles. The summed E-state index contributed by atoms with van der Waals surface area (Å²) < 4.78 is 0. The molecule has 0 bridgehead atoms. The molecule has 1 heterocycles. The Morgan fingerprint density at radius 2 is 1.93 bits per heavy atom. The third-order valence-corrected chi connectivity index (χ3v) is 6.06. The van der Waals surface area contributed by atoms with Gasteiger partial charge in [0.2, 0.25) is 5.91 Å². The number of hydrogen-bond acceptors (Lipinski definition) is 3. The summed E-state index contributed by atoms with van der Waals surface area (Å²) in [7, 11) is 0. The van der Waals surface area contributed by atoms with Gasteiger partial charge in [-0.1, -0.05) is 54.1 Å². The summed E-state index contributed by atoms with van der Waals surface area (Å²) in [5, 5.41) is 7.54. The summed E-state index contributed by atoms with van der Waals surface area (Å²) in [4.78, 5) is 39.2. The SMILES string of the molecule is C[C@]1(c2cccc3ccccc23)NC(=O)N(CC(=O)NCCC2=CCCCC2)C1=O. The molecule has 30 heavy (non-hydrogen) atoms. The van der Waals surface area contributed by atoms with Crippen LogP contribution >= 0.6 is 0 Å². The zero-order chi connectivity index (χ0) is 21.1. The summed E-state index contributed by atoms with van der Waals surface area (Å²) in [6.07, 6.45) is 7.71. The molecule has 0 saturated carbocycles. The second kappa shape index (κ2) is 8.30. The Labute approximate surface area is 176 Å². The fourth-order valence-electron chi connectivity index (χ4n) is 4.38. The minimum Gasteiger partial charge on any atom is -0.354 e. The summed E-state index contributed by atoms with van der Waals surface area (Å²) in [6.45, 7) is 1.95. The van der Waals surface area contributed by atoms with Crippen LogP contribution in [0.1, 0.15) is 44.6 Å². The molecule has 0 unspecified atom stereocenters. The second-order valence-electron chi connectivity index (χ2n) is 8.18. The third kappa shape index (κ3) is 3.82. The molecule has 1 aliphatic carbocycles. The molecule has 1 aliphatic heterocycles. The van der Waals surface area contributed by atoms with Crippen LogP contribution in [0.2, 0.25) is 0 Å². The van der Waals surface area contributed by atoms with E-state index in [4.69, 9.17) is 0 Å². The lowest BCUT2D eigenvalue weighted by atomic mass is 9.88. The van der Waals surface area contributed by atoms with Crippen molar-refractivity contribution in [3.63, 3.8) is 0 Å². The molecule has 0 aromatic heterocycles. The Morgan fingerprint density at radius 3 is 2.73 bits per heavy atom. The maximum absolute atomic E-state index is 13.2. The average Bonchev–Trinajstić information content (AvgIpc) is 2.98. The highest BCUT2D eigenvalue weighted by atomic mass is 16.2. The summed E-state index contributed by atoms with van der Waals surface area (Å²) in [5.41, 5.74) is 0.900. The van der Waals surface area contributed by atoms with Gasteiger partial charge in [-0.15, -0.1) is 0 Å². The molecule has 4 rings (SSSR count). The molecule has 0 radical (unpaired) electrons. The number of urea groups is 1. The van der Waals surface area contributed by atoms with Gasteiger partial charge in [-0.05, 0) is 55.4 Å². The van der Waals surface area contributed by atoms with Gasteiger partial charge in [0.05, 0.1) is 0 Å². The number of carbonyl (C=O) groups excluding carboxylic acids is 3. The van der Waals surface area contributed by atoms with Crippen molar-refractivity contribution in [1.29, 1.82) is 0 Å². The first kappa shape index (κ1) is 20.1. The monoisotopic (exact) mass is 405 g/mol. The molecule has 2 aliphatic rings. The van der Waals surface area contributed by atoms with Gasteiger partial charge in [-0.2, -0.15) is 0 Å². The van der Waals surface area contributed by atoms with Crippen LogP contribution in [0.4, 0.5) is 4.79 Å². The molecule has 156 valence electrons. The van der Waals surface area contributed by atoms with Crippen molar-refractivity contribution in [2.75, 3.05) is 13.1 Å². The number of amides is 4. The molecule has 2 N–H and O–H groups in total. The Morgan fingerprint density at radius 1 is 1.13 bits per heavy atom. The van der Waals surface area contributed by atoms with Crippen molar-refractivity contribution in [2.45, 2.75) is 44.6 Å². The van der Waals surface area contributed by atoms with Crippen molar-refractivity contribution in [3.05, 3.63) is 59.7 Å². The number of nitrogens with one attached hydrogen (secondary N) is 2. The Hall–Kier alpha value is -3.15. The Bertz CT molecular complexity index is 1020. The molecule has 1 atom stereocenters. The van der Waals surface area contributed by atoms with Crippen LogP contribution in [0, 0.1) is 0 Å². The predicted octanol–water partition coefficient (Wildman–Crippen LogP) is 3.61. The van der Waals surface area contributed by atoms with Gasteiger partial charge in [0.1, 0.15) is 12.1 Å². The summed E-state index contributed by atoms with van der Waals surface area (Å²) >= 11 is 0. The quantitative estimate of drug-likeness (QED) is 0.569. The van der Waals surface area contributed by atoms with Gasteiger partial charge in [-0.3, -0.25) is 14.5 Å². The lowest BCUT2D eigenvalue weighted by molar-refractivity contribution is -0.134. The highest BCUT2D eigenvalue weighted by Gasteiger charge is 2.50. The molecule has 6 nitrogen and oxygen atoms in total. The molecule has 2 aromatic rings. The van der Waals surface area contributed by atoms with Crippen molar-refractivity contribution < 1.29 is 14.4 Å². The van der Waals surface area contributed by atoms with Gasteiger partial charge in [0, 0.05) is 6.54 Å². The Kier molecular flexibility index (Phi) is 5.57. The first-order valence-corrected chi connectivity index (χ1v) is 10.6. The molecule has 2 aromatic carbocycles. The standard InChI is InChI=1S/C24H27N3O3/c1-24(20-13-7-11-18-10-5-6-12-19(18)20)22(29)27(23(30)26-24)16-21(28)25-15-14-17-8-3-2-4-9-17/h5-8,10-13H,2-4,9,14-16H2,1H3,(H,25,28)(H,26,30)/t24-/m1/s1. The highest BCUT2D eigenvalue weighted by molar-refractivity contribution is 6.10. The largest absolute Gasteiger partial charge is 0.354 e. The van der Waals surface area contributed by atoms with E-state index in [1.54, 1.807) is 6.92 Å². The molecule has 0 spiro atoms. The van der Waals surface area contributed by atoms with E-state index in [-0.39, 0.29) is 12.5 Å². The lowest BCUT2D eigenvalue weighted by Crippen LogP contribution is -2.43. The number of rotatable bonds is 6.